The fourth-order valence-electron chi connectivity index (χ4n) is 3.76. The number of hydrogen-bond acceptors (Lipinski definition) is 7. The molecule has 0 bridgehead atoms. The third-order valence-corrected chi connectivity index (χ3v) is 6.08. The minimum absolute atomic E-state index is 0.0789. The standard InChI is InChI=1S/C25H25N3O4S/c1-5-31-24(30)21-16(4)27-25-28(22(21)18-8-6-7-9-19(18)32-15(2)3)23(29)20(33-25)14-17-10-12-26-13-11-17/h6-15,22H,5H2,1-4H3/b20-14-/t22-/m0/s1. The first-order valence-electron chi connectivity index (χ1n) is 10.8. The number of carbonyl (C=O) groups excluding carboxylic acids is 1. The number of allylic oxidation sites excluding steroid dienone is 1. The molecule has 1 aromatic carbocycles. The number of nitrogens with zero attached hydrogens (tertiary/aromatic N) is 3. The van der Waals surface area contributed by atoms with Gasteiger partial charge in [-0.1, -0.05) is 29.5 Å². The Kier molecular flexibility index (Phi) is 6.55. The summed E-state index contributed by atoms with van der Waals surface area (Å²) >= 11 is 1.29. The molecule has 3 aromatic rings. The summed E-state index contributed by atoms with van der Waals surface area (Å²) in [6.45, 7) is 7.61. The molecule has 0 radical (unpaired) electrons. The van der Waals surface area contributed by atoms with Gasteiger partial charge in [0.1, 0.15) is 11.8 Å². The Bertz CT molecular complexity index is 1390. The fourth-order valence-corrected chi connectivity index (χ4v) is 4.81. The van der Waals surface area contributed by atoms with Crippen LogP contribution in [0.5, 0.6) is 5.75 Å². The normalized spacial score (nSPS) is 15.9. The van der Waals surface area contributed by atoms with Crippen LogP contribution in [0.3, 0.4) is 0 Å². The van der Waals surface area contributed by atoms with Crippen molar-refractivity contribution in [3.63, 3.8) is 0 Å². The topological polar surface area (TPSA) is 82.8 Å². The molecule has 2 aromatic heterocycles. The van der Waals surface area contributed by atoms with Crippen LogP contribution in [0.15, 0.2) is 69.8 Å². The summed E-state index contributed by atoms with van der Waals surface area (Å²) in [5.41, 5.74) is 2.19. The number of rotatable bonds is 6. The van der Waals surface area contributed by atoms with E-state index in [2.05, 4.69) is 9.98 Å². The van der Waals surface area contributed by atoms with Gasteiger partial charge in [0.2, 0.25) is 0 Å². The van der Waals surface area contributed by atoms with Crippen molar-refractivity contribution in [2.24, 2.45) is 4.99 Å². The highest BCUT2D eigenvalue weighted by atomic mass is 32.1. The maximum atomic E-state index is 13.6. The molecule has 0 unspecified atom stereocenters. The van der Waals surface area contributed by atoms with E-state index < -0.39 is 12.0 Å². The summed E-state index contributed by atoms with van der Waals surface area (Å²) in [5, 5.41) is 0. The second kappa shape index (κ2) is 9.54. The second-order valence-electron chi connectivity index (χ2n) is 7.79. The minimum Gasteiger partial charge on any atom is -0.491 e. The lowest BCUT2D eigenvalue weighted by atomic mass is 9.95. The molecule has 7 nitrogen and oxygen atoms in total. The summed E-state index contributed by atoms with van der Waals surface area (Å²) in [7, 11) is 0. The van der Waals surface area contributed by atoms with E-state index in [1.807, 2.05) is 56.3 Å². The first-order valence-corrected chi connectivity index (χ1v) is 11.6. The van der Waals surface area contributed by atoms with E-state index >= 15 is 0 Å². The molecule has 4 rings (SSSR count). The van der Waals surface area contributed by atoms with E-state index in [1.165, 1.54) is 11.3 Å². The fraction of sp³-hybridized carbons (Fsp3) is 0.280. The van der Waals surface area contributed by atoms with Crippen LogP contribution in [0.2, 0.25) is 0 Å². The first-order chi connectivity index (χ1) is 15.9. The third kappa shape index (κ3) is 4.52. The smallest absolute Gasteiger partial charge is 0.338 e. The van der Waals surface area contributed by atoms with Gasteiger partial charge in [-0.15, -0.1) is 0 Å². The summed E-state index contributed by atoms with van der Waals surface area (Å²) in [6, 6.07) is 10.4. The lowest BCUT2D eigenvalue weighted by Crippen LogP contribution is -2.40. The quantitative estimate of drug-likeness (QED) is 0.525. The summed E-state index contributed by atoms with van der Waals surface area (Å²) in [4.78, 5) is 35.8. The molecule has 0 spiro atoms. The molecule has 0 N–H and O–H groups in total. The van der Waals surface area contributed by atoms with E-state index in [-0.39, 0.29) is 18.3 Å². The Morgan fingerprint density at radius 3 is 2.64 bits per heavy atom. The van der Waals surface area contributed by atoms with E-state index in [0.29, 0.717) is 31.9 Å². The third-order valence-electron chi connectivity index (χ3n) is 5.10. The predicted octanol–water partition coefficient (Wildman–Crippen LogP) is 2.98. The van der Waals surface area contributed by atoms with Crippen LogP contribution in [-0.2, 0) is 9.53 Å². The predicted molar refractivity (Wildman–Crippen MR) is 127 cm³/mol. The van der Waals surface area contributed by atoms with Crippen molar-refractivity contribution in [1.29, 1.82) is 0 Å². The van der Waals surface area contributed by atoms with Crippen molar-refractivity contribution in [3.05, 3.63) is 90.9 Å². The average molecular weight is 464 g/mol. The van der Waals surface area contributed by atoms with Gasteiger partial charge in [0.15, 0.2) is 4.80 Å². The molecule has 0 amide bonds. The SMILES string of the molecule is CCOC(=O)C1=C(C)N=c2s/c(=C\c3ccncc3)c(=O)n2[C@H]1c1ccccc1OC(C)C. The monoisotopic (exact) mass is 463 g/mol. The van der Waals surface area contributed by atoms with Gasteiger partial charge in [-0.2, -0.15) is 0 Å². The zero-order chi connectivity index (χ0) is 23.5. The number of thiazole rings is 1. The van der Waals surface area contributed by atoms with Gasteiger partial charge in [-0.25, -0.2) is 9.79 Å². The Hall–Kier alpha value is -3.52. The van der Waals surface area contributed by atoms with Crippen molar-refractivity contribution in [1.82, 2.24) is 9.55 Å². The van der Waals surface area contributed by atoms with Crippen molar-refractivity contribution >= 4 is 23.4 Å². The number of para-hydroxylation sites is 1. The molecule has 170 valence electrons. The average Bonchev–Trinajstić information content (AvgIpc) is 3.08. The lowest BCUT2D eigenvalue weighted by Gasteiger charge is -2.26. The maximum absolute atomic E-state index is 13.6. The first kappa shape index (κ1) is 22.7. The highest BCUT2D eigenvalue weighted by Crippen LogP contribution is 2.36. The molecule has 1 aliphatic heterocycles. The number of pyridine rings is 1. The molecule has 1 aliphatic rings. The van der Waals surface area contributed by atoms with E-state index in [0.717, 1.165) is 5.56 Å². The minimum atomic E-state index is -0.713. The van der Waals surface area contributed by atoms with Gasteiger partial charge in [0, 0.05) is 18.0 Å². The molecule has 8 heteroatoms. The molecule has 33 heavy (non-hydrogen) atoms. The number of fused-ring (bicyclic) bond motifs is 1. The molecule has 3 heterocycles. The van der Waals surface area contributed by atoms with Gasteiger partial charge in [0.25, 0.3) is 5.56 Å². The molecular weight excluding hydrogens is 438 g/mol. The maximum Gasteiger partial charge on any atom is 0.338 e. The van der Waals surface area contributed by atoms with Crippen molar-refractivity contribution < 1.29 is 14.3 Å². The van der Waals surface area contributed by atoms with Gasteiger partial charge in [-0.05, 0) is 57.5 Å². The van der Waals surface area contributed by atoms with E-state index in [1.54, 1.807) is 30.8 Å². The number of benzene rings is 1. The molecule has 0 fully saturated rings. The number of aromatic nitrogens is 2. The van der Waals surface area contributed by atoms with Crippen molar-refractivity contribution in [3.8, 4) is 5.75 Å². The van der Waals surface area contributed by atoms with Crippen LogP contribution in [0.25, 0.3) is 6.08 Å². The summed E-state index contributed by atoms with van der Waals surface area (Å²) in [6.07, 6.45) is 5.08. The Morgan fingerprint density at radius 1 is 1.21 bits per heavy atom. The van der Waals surface area contributed by atoms with Crippen molar-refractivity contribution in [2.45, 2.75) is 39.8 Å². The van der Waals surface area contributed by atoms with Crippen LogP contribution in [0.4, 0.5) is 0 Å². The number of carbonyl (C=O) groups is 1. The van der Waals surface area contributed by atoms with Crippen LogP contribution in [0, 0.1) is 0 Å². The zero-order valence-corrected chi connectivity index (χ0v) is 19.8. The molecule has 0 aliphatic carbocycles. The number of hydrogen-bond donors (Lipinski definition) is 0. The molecular formula is C25H25N3O4S. The largest absolute Gasteiger partial charge is 0.491 e. The molecule has 0 saturated heterocycles. The zero-order valence-electron chi connectivity index (χ0n) is 18.9. The van der Waals surface area contributed by atoms with Crippen LogP contribution in [-0.4, -0.2) is 28.2 Å². The van der Waals surface area contributed by atoms with E-state index in [4.69, 9.17) is 9.47 Å². The number of ether oxygens (including phenoxy) is 2. The number of esters is 1. The van der Waals surface area contributed by atoms with Crippen molar-refractivity contribution in [2.75, 3.05) is 6.61 Å². The Morgan fingerprint density at radius 2 is 1.94 bits per heavy atom. The van der Waals surface area contributed by atoms with Gasteiger partial charge in [-0.3, -0.25) is 14.3 Å². The van der Waals surface area contributed by atoms with Gasteiger partial charge in [0.05, 0.1) is 28.5 Å². The second-order valence-corrected chi connectivity index (χ2v) is 8.80. The van der Waals surface area contributed by atoms with Gasteiger partial charge >= 0.3 is 5.97 Å². The van der Waals surface area contributed by atoms with Gasteiger partial charge < -0.3 is 9.47 Å². The Labute approximate surface area is 195 Å². The highest BCUT2D eigenvalue weighted by Gasteiger charge is 2.35. The van der Waals surface area contributed by atoms with Crippen LogP contribution >= 0.6 is 11.3 Å². The van der Waals surface area contributed by atoms with Crippen LogP contribution in [0.1, 0.15) is 44.9 Å². The molecule has 1 atom stereocenters. The van der Waals surface area contributed by atoms with E-state index in [9.17, 15) is 9.59 Å². The summed E-state index contributed by atoms with van der Waals surface area (Å²) < 4.78 is 13.5. The summed E-state index contributed by atoms with van der Waals surface area (Å²) in [5.74, 6) is 0.115. The lowest BCUT2D eigenvalue weighted by molar-refractivity contribution is -0.139. The van der Waals surface area contributed by atoms with Crippen LogP contribution < -0.4 is 19.6 Å². The molecule has 0 saturated carbocycles. The highest BCUT2D eigenvalue weighted by molar-refractivity contribution is 7.07. The Balaban J connectivity index is 1.99.